The minimum atomic E-state index is -0.681. The molecule has 0 aliphatic rings. The summed E-state index contributed by atoms with van der Waals surface area (Å²) in [5, 5.41) is 24.5. The van der Waals surface area contributed by atoms with Crippen LogP contribution in [0.1, 0.15) is 12.5 Å². The normalized spacial score (nSPS) is 11.3. The molecule has 3 aromatic carbocycles. The maximum Gasteiger partial charge on any atom is 0.0633 e. The largest absolute Gasteiger partial charge is 0.394 e. The predicted molar refractivity (Wildman–Crippen MR) is 106 cm³/mol. The SMILES string of the molecule is CC(CO)(CO)NCc1ccc(-c2ccccc2)c2ccccc12.Cl. The van der Waals surface area contributed by atoms with E-state index in [1.54, 1.807) is 0 Å². The van der Waals surface area contributed by atoms with Gasteiger partial charge in [-0.05, 0) is 34.4 Å². The highest BCUT2D eigenvalue weighted by Crippen LogP contribution is 2.30. The van der Waals surface area contributed by atoms with Crippen molar-refractivity contribution in [1.82, 2.24) is 5.32 Å². The fraction of sp³-hybridized carbons (Fsp3) is 0.238. The topological polar surface area (TPSA) is 52.5 Å². The molecule has 0 radical (unpaired) electrons. The van der Waals surface area contributed by atoms with E-state index in [4.69, 9.17) is 0 Å². The van der Waals surface area contributed by atoms with Crippen molar-refractivity contribution in [3.8, 4) is 11.1 Å². The second kappa shape index (κ2) is 8.45. The van der Waals surface area contributed by atoms with Crippen molar-refractivity contribution in [3.05, 3.63) is 72.3 Å². The Balaban J connectivity index is 0.00000225. The van der Waals surface area contributed by atoms with Crippen LogP contribution in [0.25, 0.3) is 21.9 Å². The summed E-state index contributed by atoms with van der Waals surface area (Å²) in [6.45, 7) is 2.19. The number of fused-ring (bicyclic) bond motifs is 1. The number of hydrogen-bond donors (Lipinski definition) is 3. The van der Waals surface area contributed by atoms with E-state index >= 15 is 0 Å². The molecule has 3 N–H and O–H groups in total. The number of aliphatic hydroxyl groups is 2. The Morgan fingerprint density at radius 1 is 0.800 bits per heavy atom. The molecule has 0 heterocycles. The highest BCUT2D eigenvalue weighted by atomic mass is 35.5. The van der Waals surface area contributed by atoms with Crippen molar-refractivity contribution in [3.63, 3.8) is 0 Å². The van der Waals surface area contributed by atoms with Gasteiger partial charge in [0.15, 0.2) is 0 Å². The van der Waals surface area contributed by atoms with E-state index in [0.717, 1.165) is 5.56 Å². The molecule has 0 aliphatic carbocycles. The van der Waals surface area contributed by atoms with Gasteiger partial charge in [-0.15, -0.1) is 12.4 Å². The number of aliphatic hydroxyl groups excluding tert-OH is 2. The van der Waals surface area contributed by atoms with E-state index in [9.17, 15) is 10.2 Å². The number of hydrogen-bond acceptors (Lipinski definition) is 3. The van der Waals surface area contributed by atoms with Gasteiger partial charge < -0.3 is 15.5 Å². The summed E-state index contributed by atoms with van der Waals surface area (Å²) in [5.41, 5.74) is 2.88. The molecule has 0 spiro atoms. The number of benzene rings is 3. The van der Waals surface area contributed by atoms with E-state index in [1.807, 2.05) is 31.2 Å². The molecule has 25 heavy (non-hydrogen) atoms. The van der Waals surface area contributed by atoms with Crippen LogP contribution in [0.3, 0.4) is 0 Å². The van der Waals surface area contributed by atoms with Crippen molar-refractivity contribution < 1.29 is 10.2 Å². The van der Waals surface area contributed by atoms with E-state index in [0.29, 0.717) is 6.54 Å². The lowest BCUT2D eigenvalue weighted by atomic mass is 9.94. The third-order valence-electron chi connectivity index (χ3n) is 4.50. The molecule has 0 saturated heterocycles. The van der Waals surface area contributed by atoms with Crippen LogP contribution in [0.4, 0.5) is 0 Å². The Hall–Kier alpha value is -1.91. The molecule has 0 bridgehead atoms. The monoisotopic (exact) mass is 357 g/mol. The van der Waals surface area contributed by atoms with Crippen LogP contribution >= 0.6 is 12.4 Å². The van der Waals surface area contributed by atoms with Gasteiger partial charge in [0.25, 0.3) is 0 Å². The van der Waals surface area contributed by atoms with Crippen LogP contribution in [0, 0.1) is 0 Å². The Labute approximate surface area is 154 Å². The molecule has 132 valence electrons. The van der Waals surface area contributed by atoms with E-state index in [-0.39, 0.29) is 25.6 Å². The van der Waals surface area contributed by atoms with E-state index in [1.165, 1.54) is 21.9 Å². The third kappa shape index (κ3) is 4.20. The lowest BCUT2D eigenvalue weighted by Crippen LogP contribution is -2.48. The Kier molecular flexibility index (Phi) is 6.57. The molecular formula is C21H24ClNO2. The van der Waals surface area contributed by atoms with Gasteiger partial charge in [0, 0.05) is 6.54 Å². The van der Waals surface area contributed by atoms with Crippen LogP contribution in [-0.2, 0) is 6.54 Å². The summed E-state index contributed by atoms with van der Waals surface area (Å²) >= 11 is 0. The van der Waals surface area contributed by atoms with Crippen molar-refractivity contribution in [2.75, 3.05) is 13.2 Å². The summed E-state index contributed by atoms with van der Waals surface area (Å²) in [6, 6.07) is 23.0. The van der Waals surface area contributed by atoms with Gasteiger partial charge in [-0.25, -0.2) is 0 Å². The highest BCUT2D eigenvalue weighted by molar-refractivity contribution is 5.98. The van der Waals surface area contributed by atoms with Crippen molar-refractivity contribution in [2.24, 2.45) is 0 Å². The van der Waals surface area contributed by atoms with Crippen LogP contribution in [0.15, 0.2) is 66.7 Å². The smallest absolute Gasteiger partial charge is 0.0633 e. The average Bonchev–Trinajstić information content (AvgIpc) is 2.66. The lowest BCUT2D eigenvalue weighted by Gasteiger charge is -2.26. The first-order valence-corrected chi connectivity index (χ1v) is 8.20. The predicted octanol–water partition coefficient (Wildman–Crippen LogP) is 3.76. The van der Waals surface area contributed by atoms with Crippen LogP contribution < -0.4 is 5.32 Å². The summed E-state index contributed by atoms with van der Waals surface area (Å²) in [4.78, 5) is 0. The second-order valence-corrected chi connectivity index (χ2v) is 6.41. The summed E-state index contributed by atoms with van der Waals surface area (Å²) in [6.07, 6.45) is 0. The van der Waals surface area contributed by atoms with Crippen molar-refractivity contribution in [1.29, 1.82) is 0 Å². The first-order chi connectivity index (χ1) is 11.7. The van der Waals surface area contributed by atoms with Gasteiger partial charge >= 0.3 is 0 Å². The minimum Gasteiger partial charge on any atom is -0.394 e. The number of nitrogens with one attached hydrogen (secondary N) is 1. The number of rotatable bonds is 6. The zero-order valence-corrected chi connectivity index (χ0v) is 15.1. The Morgan fingerprint density at radius 2 is 1.40 bits per heavy atom. The fourth-order valence-electron chi connectivity index (χ4n) is 2.86. The maximum atomic E-state index is 9.45. The van der Waals surface area contributed by atoms with Crippen LogP contribution in [-0.4, -0.2) is 29.0 Å². The molecule has 0 fully saturated rings. The number of halogens is 1. The molecule has 3 rings (SSSR count). The standard InChI is InChI=1S/C21H23NO2.ClH/c1-21(14-23,15-24)22-13-17-11-12-19(16-7-3-2-4-8-16)20-10-6-5-9-18(17)20;/h2-12,22-24H,13-15H2,1H3;1H. The zero-order valence-electron chi connectivity index (χ0n) is 14.3. The van der Waals surface area contributed by atoms with Gasteiger partial charge in [0.1, 0.15) is 0 Å². The van der Waals surface area contributed by atoms with Gasteiger partial charge in [0.05, 0.1) is 18.8 Å². The molecule has 0 unspecified atom stereocenters. The van der Waals surface area contributed by atoms with Crippen LogP contribution in [0.2, 0.25) is 0 Å². The molecule has 3 nitrogen and oxygen atoms in total. The second-order valence-electron chi connectivity index (χ2n) is 6.41. The van der Waals surface area contributed by atoms with Gasteiger partial charge in [-0.1, -0.05) is 66.7 Å². The van der Waals surface area contributed by atoms with Gasteiger partial charge in [0.2, 0.25) is 0 Å². The molecule has 0 aromatic heterocycles. The Bertz CT molecular complexity index is 816. The van der Waals surface area contributed by atoms with Crippen LogP contribution in [0.5, 0.6) is 0 Å². The van der Waals surface area contributed by atoms with E-state index < -0.39 is 5.54 Å². The molecule has 4 heteroatoms. The van der Waals surface area contributed by atoms with Gasteiger partial charge in [-0.2, -0.15) is 0 Å². The van der Waals surface area contributed by atoms with E-state index in [2.05, 4.69) is 47.8 Å². The van der Waals surface area contributed by atoms with Gasteiger partial charge in [-0.3, -0.25) is 0 Å². The quantitative estimate of drug-likeness (QED) is 0.629. The molecule has 0 saturated carbocycles. The van der Waals surface area contributed by atoms with Crippen molar-refractivity contribution in [2.45, 2.75) is 19.0 Å². The summed E-state index contributed by atoms with van der Waals surface area (Å²) in [7, 11) is 0. The lowest BCUT2D eigenvalue weighted by molar-refractivity contribution is 0.103. The minimum absolute atomic E-state index is 0. The molecule has 0 atom stereocenters. The highest BCUT2D eigenvalue weighted by Gasteiger charge is 2.21. The van der Waals surface area contributed by atoms with Crippen molar-refractivity contribution >= 4 is 23.2 Å². The maximum absolute atomic E-state index is 9.45. The molecular weight excluding hydrogens is 334 g/mol. The fourth-order valence-corrected chi connectivity index (χ4v) is 2.86. The first-order valence-electron chi connectivity index (χ1n) is 8.20. The Morgan fingerprint density at radius 3 is 2.04 bits per heavy atom. The zero-order chi connectivity index (χ0) is 17.0. The average molecular weight is 358 g/mol. The first kappa shape index (κ1) is 19.4. The summed E-state index contributed by atoms with van der Waals surface area (Å²) < 4.78 is 0. The third-order valence-corrected chi connectivity index (χ3v) is 4.50. The molecule has 0 aliphatic heterocycles. The summed E-state index contributed by atoms with van der Waals surface area (Å²) in [5.74, 6) is 0. The molecule has 0 amide bonds. The molecule has 3 aromatic rings.